The Labute approximate surface area is 114 Å². The average molecular weight is 260 g/mol. The summed E-state index contributed by atoms with van der Waals surface area (Å²) in [5.74, 6) is 0.601. The first-order valence-corrected chi connectivity index (χ1v) is 6.40. The molecular formula is C15H20N2O2. The fraction of sp³-hybridized carbons (Fsp3) is 0.467. The van der Waals surface area contributed by atoms with Crippen LogP contribution < -0.4 is 4.74 Å². The van der Waals surface area contributed by atoms with Crippen LogP contribution in [0.1, 0.15) is 25.8 Å². The summed E-state index contributed by atoms with van der Waals surface area (Å²) >= 11 is 0. The number of nitriles is 1. The highest BCUT2D eigenvalue weighted by Crippen LogP contribution is 2.12. The minimum absolute atomic E-state index is 0.00701. The minimum atomic E-state index is -0.0910. The highest BCUT2D eigenvalue weighted by Gasteiger charge is 2.16. The van der Waals surface area contributed by atoms with Crippen molar-refractivity contribution in [3.8, 4) is 11.8 Å². The highest BCUT2D eigenvalue weighted by atomic mass is 16.5. The van der Waals surface area contributed by atoms with E-state index in [1.807, 2.05) is 45.0 Å². The van der Waals surface area contributed by atoms with Gasteiger partial charge in [-0.3, -0.25) is 4.79 Å². The summed E-state index contributed by atoms with van der Waals surface area (Å²) < 4.78 is 5.49. The van der Waals surface area contributed by atoms with Crippen molar-refractivity contribution in [2.45, 2.75) is 33.2 Å². The smallest absolute Gasteiger partial charge is 0.260 e. The van der Waals surface area contributed by atoms with Gasteiger partial charge in [-0.05, 0) is 38.5 Å². The number of carbonyl (C=O) groups excluding carboxylic acids is 1. The van der Waals surface area contributed by atoms with Crippen LogP contribution in [-0.2, 0) is 4.79 Å². The zero-order valence-electron chi connectivity index (χ0n) is 11.7. The Balaban J connectivity index is 2.55. The molecule has 1 aromatic rings. The summed E-state index contributed by atoms with van der Waals surface area (Å²) in [4.78, 5) is 13.7. The Kier molecular flexibility index (Phi) is 5.87. The monoisotopic (exact) mass is 260 g/mol. The Morgan fingerprint density at radius 3 is 2.79 bits per heavy atom. The number of ether oxygens (including phenoxy) is 1. The molecule has 0 saturated carbocycles. The summed E-state index contributed by atoms with van der Waals surface area (Å²) in [5.41, 5.74) is 1.09. The maximum absolute atomic E-state index is 12.0. The molecule has 0 aromatic heterocycles. The molecule has 4 nitrogen and oxygen atoms in total. The van der Waals surface area contributed by atoms with Crippen LogP contribution >= 0.6 is 0 Å². The predicted molar refractivity (Wildman–Crippen MR) is 73.8 cm³/mol. The fourth-order valence-electron chi connectivity index (χ4n) is 1.77. The molecule has 0 aliphatic heterocycles. The van der Waals surface area contributed by atoms with E-state index >= 15 is 0 Å². The van der Waals surface area contributed by atoms with E-state index in [9.17, 15) is 4.79 Å². The molecule has 1 amide bonds. The molecule has 0 spiro atoms. The summed E-state index contributed by atoms with van der Waals surface area (Å²) in [6, 6.07) is 9.71. The first kappa shape index (κ1) is 15.0. The van der Waals surface area contributed by atoms with Crippen molar-refractivity contribution < 1.29 is 9.53 Å². The van der Waals surface area contributed by atoms with E-state index in [4.69, 9.17) is 10.00 Å². The van der Waals surface area contributed by atoms with Gasteiger partial charge in [-0.1, -0.05) is 12.1 Å². The summed E-state index contributed by atoms with van der Waals surface area (Å²) in [5, 5.41) is 8.60. The van der Waals surface area contributed by atoms with Crippen LogP contribution in [0.5, 0.6) is 5.75 Å². The third-order valence-corrected chi connectivity index (χ3v) is 2.76. The number of nitrogens with zero attached hydrogens (tertiary/aromatic N) is 2. The molecule has 19 heavy (non-hydrogen) atoms. The van der Waals surface area contributed by atoms with E-state index in [0.29, 0.717) is 18.7 Å². The van der Waals surface area contributed by atoms with Gasteiger partial charge in [0.2, 0.25) is 0 Å². The van der Waals surface area contributed by atoms with Crippen LogP contribution in [0.15, 0.2) is 24.3 Å². The molecule has 0 bridgehead atoms. The van der Waals surface area contributed by atoms with Gasteiger partial charge in [0, 0.05) is 12.6 Å². The topological polar surface area (TPSA) is 53.3 Å². The molecule has 4 heteroatoms. The molecule has 0 fully saturated rings. The van der Waals surface area contributed by atoms with Gasteiger partial charge in [0.25, 0.3) is 5.91 Å². The quantitative estimate of drug-likeness (QED) is 0.789. The van der Waals surface area contributed by atoms with Crippen LogP contribution in [0, 0.1) is 18.3 Å². The zero-order chi connectivity index (χ0) is 14.3. The van der Waals surface area contributed by atoms with Gasteiger partial charge in [-0.2, -0.15) is 5.26 Å². The van der Waals surface area contributed by atoms with Crippen LogP contribution in [0.2, 0.25) is 0 Å². The SMILES string of the molecule is Cc1cccc(OCC(=O)N(CCC#N)C(C)C)c1. The molecule has 0 N–H and O–H groups in total. The zero-order valence-corrected chi connectivity index (χ0v) is 11.7. The van der Waals surface area contributed by atoms with E-state index in [-0.39, 0.29) is 18.6 Å². The number of benzene rings is 1. The van der Waals surface area contributed by atoms with Crippen molar-refractivity contribution in [2.75, 3.05) is 13.2 Å². The molecule has 1 aromatic carbocycles. The predicted octanol–water partition coefficient (Wildman–Crippen LogP) is 2.52. The van der Waals surface area contributed by atoms with E-state index < -0.39 is 0 Å². The van der Waals surface area contributed by atoms with Gasteiger partial charge >= 0.3 is 0 Å². The van der Waals surface area contributed by atoms with Gasteiger partial charge in [-0.15, -0.1) is 0 Å². The molecule has 0 atom stereocenters. The third kappa shape index (κ3) is 5.01. The van der Waals surface area contributed by atoms with Gasteiger partial charge < -0.3 is 9.64 Å². The van der Waals surface area contributed by atoms with Crippen LogP contribution in [-0.4, -0.2) is 30.0 Å². The molecule has 0 aliphatic rings. The lowest BCUT2D eigenvalue weighted by molar-refractivity contribution is -0.135. The fourth-order valence-corrected chi connectivity index (χ4v) is 1.77. The van der Waals surface area contributed by atoms with Crippen LogP contribution in [0.25, 0.3) is 0 Å². The van der Waals surface area contributed by atoms with Crippen molar-refractivity contribution in [1.29, 1.82) is 5.26 Å². The second-order valence-corrected chi connectivity index (χ2v) is 4.69. The van der Waals surface area contributed by atoms with Crippen LogP contribution in [0.3, 0.4) is 0 Å². The van der Waals surface area contributed by atoms with Crippen molar-refractivity contribution in [3.05, 3.63) is 29.8 Å². The highest BCUT2D eigenvalue weighted by molar-refractivity contribution is 5.78. The van der Waals surface area contributed by atoms with E-state index in [1.54, 1.807) is 4.90 Å². The standard InChI is InChI=1S/C15H20N2O2/c1-12(2)17(9-5-8-16)15(18)11-19-14-7-4-6-13(3)10-14/h4,6-7,10,12H,5,9,11H2,1-3H3. The number of hydrogen-bond acceptors (Lipinski definition) is 3. The normalized spacial score (nSPS) is 10.1. The van der Waals surface area contributed by atoms with E-state index in [2.05, 4.69) is 6.07 Å². The minimum Gasteiger partial charge on any atom is -0.484 e. The summed E-state index contributed by atoms with van der Waals surface area (Å²) in [6.45, 7) is 6.29. The Hall–Kier alpha value is -2.02. The summed E-state index contributed by atoms with van der Waals surface area (Å²) in [6.07, 6.45) is 0.342. The van der Waals surface area contributed by atoms with Gasteiger partial charge in [-0.25, -0.2) is 0 Å². The first-order valence-electron chi connectivity index (χ1n) is 6.40. The maximum atomic E-state index is 12.0. The van der Waals surface area contributed by atoms with Crippen molar-refractivity contribution >= 4 is 5.91 Å². The molecular weight excluding hydrogens is 240 g/mol. The lowest BCUT2D eigenvalue weighted by Crippen LogP contribution is -2.40. The molecule has 0 aliphatic carbocycles. The lowest BCUT2D eigenvalue weighted by atomic mass is 10.2. The lowest BCUT2D eigenvalue weighted by Gasteiger charge is -2.25. The molecule has 0 radical (unpaired) electrons. The van der Waals surface area contributed by atoms with E-state index in [1.165, 1.54) is 0 Å². The molecule has 102 valence electrons. The Morgan fingerprint density at radius 1 is 1.47 bits per heavy atom. The number of carbonyl (C=O) groups is 1. The van der Waals surface area contributed by atoms with Crippen molar-refractivity contribution in [3.63, 3.8) is 0 Å². The average Bonchev–Trinajstić information content (AvgIpc) is 2.36. The van der Waals surface area contributed by atoms with Gasteiger partial charge in [0.05, 0.1) is 12.5 Å². The Bertz CT molecular complexity index is 463. The largest absolute Gasteiger partial charge is 0.484 e. The van der Waals surface area contributed by atoms with E-state index in [0.717, 1.165) is 5.56 Å². The number of aryl methyl sites for hydroxylation is 1. The first-order chi connectivity index (χ1) is 9.04. The number of rotatable bonds is 6. The molecule has 0 saturated heterocycles. The molecule has 0 unspecified atom stereocenters. The van der Waals surface area contributed by atoms with Crippen LogP contribution in [0.4, 0.5) is 0 Å². The molecule has 0 heterocycles. The van der Waals surface area contributed by atoms with Crippen molar-refractivity contribution in [1.82, 2.24) is 4.90 Å². The maximum Gasteiger partial charge on any atom is 0.260 e. The number of hydrogen-bond donors (Lipinski definition) is 0. The van der Waals surface area contributed by atoms with Crippen molar-refractivity contribution in [2.24, 2.45) is 0 Å². The number of amides is 1. The molecule has 1 rings (SSSR count). The summed E-state index contributed by atoms with van der Waals surface area (Å²) in [7, 11) is 0. The van der Waals surface area contributed by atoms with Gasteiger partial charge in [0.15, 0.2) is 6.61 Å². The second-order valence-electron chi connectivity index (χ2n) is 4.69. The third-order valence-electron chi connectivity index (χ3n) is 2.76. The van der Waals surface area contributed by atoms with Gasteiger partial charge in [0.1, 0.15) is 5.75 Å². The Morgan fingerprint density at radius 2 is 2.21 bits per heavy atom. The second kappa shape index (κ2) is 7.42.